The Morgan fingerprint density at radius 3 is 2.92 bits per heavy atom. The molecule has 0 radical (unpaired) electrons. The molecule has 2 aromatic rings. The lowest BCUT2D eigenvalue weighted by Crippen LogP contribution is -2.01. The highest BCUT2D eigenvalue weighted by atomic mass is 35.5. The van der Waals surface area contributed by atoms with Gasteiger partial charge in [0.1, 0.15) is 5.52 Å². The molecule has 0 saturated carbocycles. The summed E-state index contributed by atoms with van der Waals surface area (Å²) in [6.45, 7) is 0. The van der Waals surface area contributed by atoms with Crippen LogP contribution >= 0.6 is 11.6 Å². The highest BCUT2D eigenvalue weighted by Gasteiger charge is 2.09. The van der Waals surface area contributed by atoms with Crippen molar-refractivity contribution in [3.63, 3.8) is 0 Å². The number of halogens is 2. The summed E-state index contributed by atoms with van der Waals surface area (Å²) < 4.78 is 14.3. The van der Waals surface area contributed by atoms with Gasteiger partial charge in [-0.05, 0) is 6.07 Å². The molecule has 0 atom stereocenters. The van der Waals surface area contributed by atoms with Gasteiger partial charge >= 0.3 is 0 Å². The summed E-state index contributed by atoms with van der Waals surface area (Å²) >= 11 is 5.59. The van der Waals surface area contributed by atoms with Crippen molar-refractivity contribution in [2.75, 3.05) is 5.73 Å². The fraction of sp³-hybridized carbons (Fsp3) is 0. The van der Waals surface area contributed by atoms with Gasteiger partial charge in [-0.1, -0.05) is 11.6 Å². The Morgan fingerprint density at radius 2 is 2.25 bits per heavy atom. The van der Waals surface area contributed by atoms with E-state index >= 15 is 0 Å². The van der Waals surface area contributed by atoms with Crippen LogP contribution in [-0.2, 0) is 0 Å². The minimum atomic E-state index is -0.457. The van der Waals surface area contributed by atoms with E-state index in [1.165, 1.54) is 16.7 Å². The third-order valence-electron chi connectivity index (χ3n) is 1.52. The van der Waals surface area contributed by atoms with E-state index in [9.17, 15) is 4.39 Å². The summed E-state index contributed by atoms with van der Waals surface area (Å²) in [5.41, 5.74) is 5.56. The quantitative estimate of drug-likeness (QED) is 0.671. The minimum absolute atomic E-state index is 0.00620. The maximum Gasteiger partial charge on any atom is 0.225 e. The maximum atomic E-state index is 13.0. The van der Waals surface area contributed by atoms with Gasteiger partial charge in [0.05, 0.1) is 0 Å². The number of nitrogens with zero attached hydrogens (tertiary/aromatic N) is 3. The van der Waals surface area contributed by atoms with Crippen molar-refractivity contribution >= 4 is 23.1 Å². The number of nitrogen functional groups attached to an aromatic ring is 1. The Bertz CT molecular complexity index is 438. The van der Waals surface area contributed by atoms with E-state index in [1.807, 2.05) is 0 Å². The number of aromatic nitrogens is 3. The van der Waals surface area contributed by atoms with Crippen molar-refractivity contribution in [2.24, 2.45) is 0 Å². The molecular formula is C6H4ClFN4. The molecule has 0 bridgehead atoms. The predicted molar refractivity (Wildman–Crippen MR) is 42.4 cm³/mol. The number of rotatable bonds is 0. The van der Waals surface area contributed by atoms with Gasteiger partial charge in [0.2, 0.25) is 5.95 Å². The SMILES string of the molecule is Nc1nnc(Cl)c2c(F)ccn12. The lowest BCUT2D eigenvalue weighted by atomic mass is 10.5. The first-order valence-corrected chi connectivity index (χ1v) is 3.52. The van der Waals surface area contributed by atoms with Crippen molar-refractivity contribution in [2.45, 2.75) is 0 Å². The van der Waals surface area contributed by atoms with Crippen molar-refractivity contribution in [3.05, 3.63) is 23.2 Å². The Hall–Kier alpha value is -1.36. The number of fused-ring (bicyclic) bond motifs is 1. The van der Waals surface area contributed by atoms with Crippen LogP contribution in [0.2, 0.25) is 5.15 Å². The molecule has 12 heavy (non-hydrogen) atoms. The van der Waals surface area contributed by atoms with E-state index < -0.39 is 5.82 Å². The zero-order chi connectivity index (χ0) is 8.72. The first-order valence-electron chi connectivity index (χ1n) is 3.14. The molecule has 0 aliphatic heterocycles. The average molecular weight is 187 g/mol. The zero-order valence-corrected chi connectivity index (χ0v) is 6.59. The van der Waals surface area contributed by atoms with Gasteiger partial charge in [-0.2, -0.15) is 0 Å². The van der Waals surface area contributed by atoms with E-state index in [-0.39, 0.29) is 16.6 Å². The average Bonchev–Trinajstić information content (AvgIpc) is 2.42. The fourth-order valence-corrected chi connectivity index (χ4v) is 1.21. The topological polar surface area (TPSA) is 56.2 Å². The molecule has 0 amide bonds. The third kappa shape index (κ3) is 0.831. The molecule has 2 rings (SSSR count). The summed E-state index contributed by atoms with van der Waals surface area (Å²) in [6, 6.07) is 1.25. The molecule has 2 aromatic heterocycles. The van der Waals surface area contributed by atoms with Crippen LogP contribution in [-0.4, -0.2) is 14.6 Å². The summed E-state index contributed by atoms with van der Waals surface area (Å²) in [6.07, 6.45) is 1.44. The van der Waals surface area contributed by atoms with Gasteiger partial charge in [-0.3, -0.25) is 4.40 Å². The van der Waals surface area contributed by atoms with Gasteiger partial charge in [-0.25, -0.2) is 4.39 Å². The molecule has 2 N–H and O–H groups in total. The Morgan fingerprint density at radius 1 is 1.50 bits per heavy atom. The highest BCUT2D eigenvalue weighted by Crippen LogP contribution is 2.19. The van der Waals surface area contributed by atoms with Gasteiger partial charge in [0, 0.05) is 6.20 Å². The molecule has 6 heteroatoms. The fourth-order valence-electron chi connectivity index (χ4n) is 0.988. The molecule has 0 saturated heterocycles. The van der Waals surface area contributed by atoms with Crippen LogP contribution in [0, 0.1) is 5.82 Å². The number of anilines is 1. The molecule has 2 heterocycles. The molecule has 0 aliphatic rings. The maximum absolute atomic E-state index is 13.0. The van der Waals surface area contributed by atoms with Crippen LogP contribution in [0.15, 0.2) is 12.3 Å². The van der Waals surface area contributed by atoms with Crippen molar-refractivity contribution in [1.82, 2.24) is 14.6 Å². The van der Waals surface area contributed by atoms with Gasteiger partial charge < -0.3 is 5.73 Å². The van der Waals surface area contributed by atoms with E-state index in [4.69, 9.17) is 17.3 Å². The van der Waals surface area contributed by atoms with Gasteiger partial charge in [0.15, 0.2) is 11.0 Å². The lowest BCUT2D eigenvalue weighted by Gasteiger charge is -1.98. The second-order valence-electron chi connectivity index (χ2n) is 2.23. The zero-order valence-electron chi connectivity index (χ0n) is 5.83. The first-order chi connectivity index (χ1) is 5.70. The largest absolute Gasteiger partial charge is 0.368 e. The summed E-state index contributed by atoms with van der Waals surface area (Å²) in [5, 5.41) is 6.99. The van der Waals surface area contributed by atoms with Crippen molar-refractivity contribution in [1.29, 1.82) is 0 Å². The van der Waals surface area contributed by atoms with Crippen molar-refractivity contribution in [3.8, 4) is 0 Å². The summed E-state index contributed by atoms with van der Waals surface area (Å²) in [7, 11) is 0. The Kier molecular flexibility index (Phi) is 1.41. The third-order valence-corrected chi connectivity index (χ3v) is 1.77. The first kappa shape index (κ1) is 7.30. The normalized spacial score (nSPS) is 10.8. The molecule has 0 aliphatic carbocycles. The minimum Gasteiger partial charge on any atom is -0.368 e. The second kappa shape index (κ2) is 2.31. The molecule has 0 fully saturated rings. The van der Waals surface area contributed by atoms with Crippen LogP contribution in [0.1, 0.15) is 0 Å². The molecular weight excluding hydrogens is 183 g/mol. The highest BCUT2D eigenvalue weighted by molar-refractivity contribution is 6.32. The number of hydrogen-bond donors (Lipinski definition) is 1. The molecule has 0 spiro atoms. The van der Waals surface area contributed by atoms with Gasteiger partial charge in [-0.15, -0.1) is 10.2 Å². The molecule has 62 valence electrons. The van der Waals surface area contributed by atoms with E-state index in [1.54, 1.807) is 0 Å². The number of hydrogen-bond acceptors (Lipinski definition) is 3. The monoisotopic (exact) mass is 186 g/mol. The Balaban J connectivity index is 2.98. The Labute approximate surface area is 71.8 Å². The van der Waals surface area contributed by atoms with Crippen LogP contribution in [0.25, 0.3) is 5.52 Å². The van der Waals surface area contributed by atoms with E-state index in [0.717, 1.165) is 0 Å². The van der Waals surface area contributed by atoms with Crippen LogP contribution < -0.4 is 5.73 Å². The van der Waals surface area contributed by atoms with E-state index in [0.29, 0.717) is 0 Å². The molecule has 0 unspecified atom stereocenters. The summed E-state index contributed by atoms with van der Waals surface area (Å²) in [5.74, 6) is -0.347. The van der Waals surface area contributed by atoms with Crippen LogP contribution in [0.3, 0.4) is 0 Å². The van der Waals surface area contributed by atoms with Crippen LogP contribution in [0.5, 0.6) is 0 Å². The predicted octanol–water partition coefficient (Wildman–Crippen LogP) is 1.10. The molecule has 4 nitrogen and oxygen atoms in total. The second-order valence-corrected chi connectivity index (χ2v) is 2.59. The van der Waals surface area contributed by atoms with Gasteiger partial charge in [0.25, 0.3) is 0 Å². The lowest BCUT2D eigenvalue weighted by molar-refractivity contribution is 0.639. The van der Waals surface area contributed by atoms with Crippen LogP contribution in [0.4, 0.5) is 10.3 Å². The smallest absolute Gasteiger partial charge is 0.225 e. The van der Waals surface area contributed by atoms with Crippen molar-refractivity contribution < 1.29 is 4.39 Å². The summed E-state index contributed by atoms with van der Waals surface area (Å²) in [4.78, 5) is 0. The van der Waals surface area contributed by atoms with E-state index in [2.05, 4.69) is 10.2 Å². The molecule has 0 aromatic carbocycles. The number of nitrogens with two attached hydrogens (primary N) is 1. The standard InChI is InChI=1S/C6H4ClFN4/c7-5-4-3(8)1-2-12(4)6(9)11-10-5/h1-2H,(H2,9,11).